The van der Waals surface area contributed by atoms with E-state index >= 15 is 0 Å². The normalized spacial score (nSPS) is 17.6. The van der Waals surface area contributed by atoms with E-state index in [0.717, 1.165) is 18.7 Å². The van der Waals surface area contributed by atoms with Gasteiger partial charge in [0.1, 0.15) is 17.3 Å². The molecule has 7 nitrogen and oxygen atoms in total. The van der Waals surface area contributed by atoms with Crippen LogP contribution in [-0.2, 0) is 9.59 Å². The average molecular weight is 453 g/mol. The SMILES string of the molecule is CCN(CC)CCN1C(=O)C(=O)/C(=C(/O)c2ccc(C)cc2)[C@@H]1c1cc(OC)ccc1OC. The smallest absolute Gasteiger partial charge is 0.295 e. The van der Waals surface area contributed by atoms with E-state index in [9.17, 15) is 14.7 Å². The van der Waals surface area contributed by atoms with Gasteiger partial charge in [0.2, 0.25) is 0 Å². The molecule has 1 atom stereocenters. The Morgan fingerprint density at radius 3 is 2.27 bits per heavy atom. The van der Waals surface area contributed by atoms with Gasteiger partial charge in [-0.2, -0.15) is 0 Å². The maximum absolute atomic E-state index is 13.2. The predicted octanol–water partition coefficient (Wildman–Crippen LogP) is 3.78. The van der Waals surface area contributed by atoms with Gasteiger partial charge in [-0.05, 0) is 38.2 Å². The fraction of sp³-hybridized carbons (Fsp3) is 0.385. The number of ketones is 1. The largest absolute Gasteiger partial charge is 0.507 e. The summed E-state index contributed by atoms with van der Waals surface area (Å²) in [6.07, 6.45) is 0. The number of nitrogens with zero attached hydrogens (tertiary/aromatic N) is 2. The third-order valence-electron chi connectivity index (χ3n) is 6.15. The van der Waals surface area contributed by atoms with Gasteiger partial charge in [-0.25, -0.2) is 0 Å². The second-order valence-corrected chi connectivity index (χ2v) is 7.99. The van der Waals surface area contributed by atoms with Crippen LogP contribution < -0.4 is 9.47 Å². The third kappa shape index (κ3) is 4.88. The molecule has 1 heterocycles. The number of Topliss-reactive ketones (excluding diaryl/α,β-unsaturated/α-hetero) is 1. The minimum absolute atomic E-state index is 0.0509. The number of ether oxygens (including phenoxy) is 2. The zero-order valence-corrected chi connectivity index (χ0v) is 19.9. The average Bonchev–Trinajstić information content (AvgIpc) is 3.09. The molecule has 0 bridgehead atoms. The van der Waals surface area contributed by atoms with E-state index in [-0.39, 0.29) is 11.3 Å². The summed E-state index contributed by atoms with van der Waals surface area (Å²) in [5.41, 5.74) is 2.14. The van der Waals surface area contributed by atoms with Crippen molar-refractivity contribution >= 4 is 17.4 Å². The molecular weight excluding hydrogens is 420 g/mol. The van der Waals surface area contributed by atoms with Crippen LogP contribution in [-0.4, -0.2) is 67.0 Å². The number of likely N-dealkylation sites (tertiary alicyclic amines) is 1. The second-order valence-electron chi connectivity index (χ2n) is 7.99. The molecule has 0 aromatic heterocycles. The van der Waals surface area contributed by atoms with Gasteiger partial charge < -0.3 is 24.4 Å². The van der Waals surface area contributed by atoms with Crippen molar-refractivity contribution in [3.63, 3.8) is 0 Å². The van der Waals surface area contributed by atoms with E-state index in [1.807, 2.05) is 19.1 Å². The van der Waals surface area contributed by atoms with Gasteiger partial charge in [0, 0.05) is 24.2 Å². The topological polar surface area (TPSA) is 79.3 Å². The molecule has 1 N–H and O–H groups in total. The Hall–Kier alpha value is -3.32. The quantitative estimate of drug-likeness (QED) is 0.354. The number of aryl methyl sites for hydroxylation is 1. The summed E-state index contributed by atoms with van der Waals surface area (Å²) in [6, 6.07) is 11.6. The lowest BCUT2D eigenvalue weighted by atomic mass is 9.94. The number of aliphatic hydroxyl groups is 1. The summed E-state index contributed by atoms with van der Waals surface area (Å²) >= 11 is 0. The molecule has 1 aliphatic heterocycles. The Labute approximate surface area is 195 Å². The molecule has 0 saturated carbocycles. The van der Waals surface area contributed by atoms with E-state index in [2.05, 4.69) is 18.7 Å². The number of hydrogen-bond acceptors (Lipinski definition) is 6. The lowest BCUT2D eigenvalue weighted by molar-refractivity contribution is -0.140. The van der Waals surface area contributed by atoms with E-state index in [4.69, 9.17) is 9.47 Å². The summed E-state index contributed by atoms with van der Waals surface area (Å²) in [5.74, 6) is -0.470. The number of carbonyl (C=O) groups is 2. The Bertz CT molecular complexity index is 1040. The van der Waals surface area contributed by atoms with Crippen molar-refractivity contribution in [3.8, 4) is 11.5 Å². The van der Waals surface area contributed by atoms with Crippen molar-refractivity contribution in [2.45, 2.75) is 26.8 Å². The van der Waals surface area contributed by atoms with E-state index in [1.165, 1.54) is 12.0 Å². The highest BCUT2D eigenvalue weighted by molar-refractivity contribution is 6.46. The standard InChI is InChI=1S/C26H32N2O5/c1-6-27(7-2)14-15-28-23(20-16-19(32-4)12-13-21(20)33-5)22(25(30)26(28)31)24(29)18-10-8-17(3)9-11-18/h8-13,16,23,29H,6-7,14-15H2,1-5H3/b24-22+/t23-/m0/s1. The maximum Gasteiger partial charge on any atom is 0.295 e. The highest BCUT2D eigenvalue weighted by Gasteiger charge is 2.47. The Morgan fingerprint density at radius 2 is 1.70 bits per heavy atom. The van der Waals surface area contributed by atoms with Gasteiger partial charge in [-0.15, -0.1) is 0 Å². The number of aliphatic hydroxyl groups excluding tert-OH is 1. The van der Waals surface area contributed by atoms with Crippen molar-refractivity contribution < 1.29 is 24.2 Å². The van der Waals surface area contributed by atoms with E-state index in [1.54, 1.807) is 37.4 Å². The molecular formula is C26H32N2O5. The van der Waals surface area contributed by atoms with Crippen LogP contribution in [0, 0.1) is 6.92 Å². The number of methoxy groups -OCH3 is 2. The number of hydrogen-bond donors (Lipinski definition) is 1. The number of carbonyl (C=O) groups excluding carboxylic acids is 2. The number of amides is 1. The van der Waals surface area contributed by atoms with Crippen LogP contribution >= 0.6 is 0 Å². The van der Waals surface area contributed by atoms with E-state index < -0.39 is 17.7 Å². The zero-order chi connectivity index (χ0) is 24.1. The molecule has 1 saturated heterocycles. The molecule has 0 spiro atoms. The van der Waals surface area contributed by atoms with Crippen LogP contribution in [0.15, 0.2) is 48.0 Å². The third-order valence-corrected chi connectivity index (χ3v) is 6.15. The van der Waals surface area contributed by atoms with Gasteiger partial charge in [0.15, 0.2) is 0 Å². The number of rotatable bonds is 9. The molecule has 2 aromatic carbocycles. The summed E-state index contributed by atoms with van der Waals surface area (Å²) in [5, 5.41) is 11.2. The van der Waals surface area contributed by atoms with Crippen LogP contribution in [0.2, 0.25) is 0 Å². The second kappa shape index (κ2) is 10.5. The Balaban J connectivity index is 2.19. The first-order chi connectivity index (χ1) is 15.9. The fourth-order valence-electron chi connectivity index (χ4n) is 4.14. The van der Waals surface area contributed by atoms with E-state index in [0.29, 0.717) is 35.7 Å². The summed E-state index contributed by atoms with van der Waals surface area (Å²) in [4.78, 5) is 30.1. The molecule has 0 radical (unpaired) electrons. The highest BCUT2D eigenvalue weighted by atomic mass is 16.5. The molecule has 1 fully saturated rings. The van der Waals surface area contributed by atoms with Gasteiger partial charge in [-0.1, -0.05) is 43.7 Å². The summed E-state index contributed by atoms with van der Waals surface area (Å²) in [6.45, 7) is 8.65. The van der Waals surface area contributed by atoms with Crippen LogP contribution in [0.3, 0.4) is 0 Å². The molecule has 0 aliphatic carbocycles. The number of benzene rings is 2. The molecule has 3 rings (SSSR count). The first-order valence-corrected chi connectivity index (χ1v) is 11.2. The molecule has 1 aliphatic rings. The van der Waals surface area contributed by atoms with Gasteiger partial charge in [0.25, 0.3) is 11.7 Å². The summed E-state index contributed by atoms with van der Waals surface area (Å²) < 4.78 is 11.0. The van der Waals surface area contributed by atoms with Crippen molar-refractivity contribution in [2.24, 2.45) is 0 Å². The predicted molar refractivity (Wildman–Crippen MR) is 128 cm³/mol. The maximum atomic E-state index is 13.2. The zero-order valence-electron chi connectivity index (χ0n) is 19.9. The first-order valence-electron chi connectivity index (χ1n) is 11.2. The summed E-state index contributed by atoms with van der Waals surface area (Å²) in [7, 11) is 3.09. The molecule has 7 heteroatoms. The highest BCUT2D eigenvalue weighted by Crippen LogP contribution is 2.43. The van der Waals surface area contributed by atoms with Crippen LogP contribution in [0.25, 0.3) is 5.76 Å². The van der Waals surface area contributed by atoms with Gasteiger partial charge >= 0.3 is 0 Å². The van der Waals surface area contributed by atoms with Crippen molar-refractivity contribution in [3.05, 3.63) is 64.7 Å². The molecule has 1 amide bonds. The molecule has 0 unspecified atom stereocenters. The van der Waals surface area contributed by atoms with Crippen molar-refractivity contribution in [2.75, 3.05) is 40.4 Å². The molecule has 33 heavy (non-hydrogen) atoms. The molecule has 2 aromatic rings. The van der Waals surface area contributed by atoms with Crippen LogP contribution in [0.4, 0.5) is 0 Å². The number of likely N-dealkylation sites (N-methyl/N-ethyl adjacent to an activating group) is 1. The van der Waals surface area contributed by atoms with Gasteiger partial charge in [0.05, 0.1) is 25.8 Å². The monoisotopic (exact) mass is 452 g/mol. The molecule has 176 valence electrons. The van der Waals surface area contributed by atoms with Gasteiger partial charge in [-0.3, -0.25) is 9.59 Å². The minimum Gasteiger partial charge on any atom is -0.507 e. The lowest BCUT2D eigenvalue weighted by Crippen LogP contribution is -2.38. The van der Waals surface area contributed by atoms with Crippen LogP contribution in [0.5, 0.6) is 11.5 Å². The van der Waals surface area contributed by atoms with Crippen LogP contribution in [0.1, 0.15) is 36.6 Å². The minimum atomic E-state index is -0.799. The van der Waals surface area contributed by atoms with Crippen molar-refractivity contribution in [1.29, 1.82) is 0 Å². The fourth-order valence-corrected chi connectivity index (χ4v) is 4.14. The lowest BCUT2D eigenvalue weighted by Gasteiger charge is -2.29. The first kappa shape index (κ1) is 24.3. The Morgan fingerprint density at radius 1 is 1.03 bits per heavy atom. The Kier molecular flexibility index (Phi) is 7.76. The van der Waals surface area contributed by atoms with Crippen molar-refractivity contribution in [1.82, 2.24) is 9.80 Å².